The summed E-state index contributed by atoms with van der Waals surface area (Å²) in [7, 11) is 0. The number of benzene rings is 1. The lowest BCUT2D eigenvalue weighted by Crippen LogP contribution is -2.43. The minimum absolute atomic E-state index is 0.101. The van der Waals surface area contributed by atoms with Gasteiger partial charge in [-0.3, -0.25) is 14.9 Å². The van der Waals surface area contributed by atoms with E-state index in [1.54, 1.807) is 25.1 Å². The molecule has 1 aromatic carbocycles. The number of alkyl carbamates (subject to hydrolysis) is 1. The maximum absolute atomic E-state index is 12.3. The Labute approximate surface area is 166 Å². The first-order valence-corrected chi connectivity index (χ1v) is 9.83. The molecule has 0 unspecified atom stereocenters. The van der Waals surface area contributed by atoms with Gasteiger partial charge in [0.05, 0.1) is 17.2 Å². The molecule has 0 radical (unpaired) electrons. The van der Waals surface area contributed by atoms with Crippen molar-refractivity contribution < 1.29 is 28.7 Å². The van der Waals surface area contributed by atoms with Gasteiger partial charge in [-0.15, -0.1) is 0 Å². The third-order valence-electron chi connectivity index (χ3n) is 3.18. The highest BCUT2D eigenvalue weighted by Gasteiger charge is 2.24. The Morgan fingerprint density at radius 3 is 2.52 bits per heavy atom. The van der Waals surface area contributed by atoms with Gasteiger partial charge in [0.2, 0.25) is 0 Å². The average molecular weight is 417 g/mol. The second-order valence-electron chi connectivity index (χ2n) is 5.16. The van der Waals surface area contributed by atoms with Crippen molar-refractivity contribution in [1.29, 1.82) is 0 Å². The molecule has 0 aliphatic heterocycles. The van der Waals surface area contributed by atoms with E-state index in [9.17, 15) is 19.2 Å². The smallest absolute Gasteiger partial charge is 0.413 e. The van der Waals surface area contributed by atoms with E-state index in [-0.39, 0.29) is 17.2 Å². The minimum Gasteiger partial charge on any atom is -0.454 e. The van der Waals surface area contributed by atoms with E-state index in [0.29, 0.717) is 12.2 Å². The van der Waals surface area contributed by atoms with Crippen molar-refractivity contribution in [1.82, 2.24) is 10.6 Å². The summed E-state index contributed by atoms with van der Waals surface area (Å²) < 4.78 is 9.44. The van der Waals surface area contributed by atoms with E-state index >= 15 is 0 Å². The molecule has 1 aromatic rings. The van der Waals surface area contributed by atoms with Crippen LogP contribution in [0.4, 0.5) is 4.79 Å². The molecule has 0 aliphatic carbocycles. The number of hydrogen-bond donors (Lipinski definition) is 2. The number of amides is 3. The summed E-state index contributed by atoms with van der Waals surface area (Å²) in [6, 6.07) is 5.46. The highest BCUT2D eigenvalue weighted by Crippen LogP contribution is 2.15. The maximum Gasteiger partial charge on any atom is 0.413 e. The highest BCUT2D eigenvalue weighted by atomic mass is 35.5. The summed E-state index contributed by atoms with van der Waals surface area (Å²) in [5, 5.41) is 4.72. The van der Waals surface area contributed by atoms with Crippen molar-refractivity contribution in [2.45, 2.75) is 19.4 Å². The van der Waals surface area contributed by atoms with Gasteiger partial charge in [0.25, 0.3) is 11.8 Å². The Bertz CT molecular complexity index is 685. The zero-order valence-electron chi connectivity index (χ0n) is 15.0. The Kier molecular flexibility index (Phi) is 10.3. The summed E-state index contributed by atoms with van der Waals surface area (Å²) >= 11 is 7.47. The fraction of sp³-hybridized carbons (Fsp3) is 0.412. The predicted octanol–water partition coefficient (Wildman–Crippen LogP) is 2.01. The fourth-order valence-electron chi connectivity index (χ4n) is 1.92. The van der Waals surface area contributed by atoms with Gasteiger partial charge in [0.15, 0.2) is 6.61 Å². The van der Waals surface area contributed by atoms with Crippen LogP contribution in [0.15, 0.2) is 24.3 Å². The lowest BCUT2D eigenvalue weighted by molar-refractivity contribution is -0.150. The molecule has 10 heteroatoms. The number of rotatable bonds is 9. The molecule has 1 rings (SSSR count). The topological polar surface area (TPSA) is 111 Å². The summed E-state index contributed by atoms with van der Waals surface area (Å²) in [6.07, 6.45) is 1.23. The van der Waals surface area contributed by atoms with Gasteiger partial charge in [-0.25, -0.2) is 9.59 Å². The third-order valence-corrected chi connectivity index (χ3v) is 4.15. The van der Waals surface area contributed by atoms with E-state index in [0.717, 1.165) is 0 Å². The lowest BCUT2D eigenvalue weighted by atomic mass is 10.1. The van der Waals surface area contributed by atoms with E-state index in [2.05, 4.69) is 10.1 Å². The van der Waals surface area contributed by atoms with Crippen LogP contribution in [-0.4, -0.2) is 55.1 Å². The lowest BCUT2D eigenvalue weighted by Gasteiger charge is -2.17. The fourth-order valence-corrected chi connectivity index (χ4v) is 2.61. The number of halogens is 1. The predicted molar refractivity (Wildman–Crippen MR) is 102 cm³/mol. The monoisotopic (exact) mass is 416 g/mol. The Hall–Kier alpha value is -2.26. The van der Waals surface area contributed by atoms with Crippen molar-refractivity contribution in [3.8, 4) is 0 Å². The number of carbonyl (C=O) groups excluding carboxylic acids is 4. The van der Waals surface area contributed by atoms with Crippen molar-refractivity contribution in [2.75, 3.05) is 25.2 Å². The first-order valence-electron chi connectivity index (χ1n) is 8.06. The van der Waals surface area contributed by atoms with Crippen LogP contribution >= 0.6 is 23.4 Å². The SMILES string of the molecule is CCOC(=O)NC(=O)COC(=O)[C@@H](CCSC)NC(=O)c1ccccc1Cl. The summed E-state index contributed by atoms with van der Waals surface area (Å²) in [5.41, 5.74) is 0.223. The number of thioether (sulfide) groups is 1. The molecule has 27 heavy (non-hydrogen) atoms. The van der Waals surface area contributed by atoms with Crippen LogP contribution in [0, 0.1) is 0 Å². The summed E-state index contributed by atoms with van der Waals surface area (Å²) in [6.45, 7) is 1.02. The Balaban J connectivity index is 2.65. The molecule has 0 fully saturated rings. The maximum atomic E-state index is 12.3. The highest BCUT2D eigenvalue weighted by molar-refractivity contribution is 7.98. The molecule has 3 amide bonds. The molecule has 0 spiro atoms. The third kappa shape index (κ3) is 8.31. The van der Waals surface area contributed by atoms with Gasteiger partial charge in [-0.2, -0.15) is 11.8 Å². The summed E-state index contributed by atoms with van der Waals surface area (Å²) in [5.74, 6) is -1.57. The average Bonchev–Trinajstić information content (AvgIpc) is 2.63. The van der Waals surface area contributed by atoms with Gasteiger partial charge >= 0.3 is 12.1 Å². The van der Waals surface area contributed by atoms with Crippen molar-refractivity contribution >= 4 is 47.2 Å². The molecule has 2 N–H and O–H groups in total. The number of nitrogens with one attached hydrogen (secondary N) is 2. The molecule has 0 aromatic heterocycles. The van der Waals surface area contributed by atoms with Gasteiger partial charge < -0.3 is 14.8 Å². The van der Waals surface area contributed by atoms with E-state index in [4.69, 9.17) is 16.3 Å². The number of ether oxygens (including phenoxy) is 2. The van der Waals surface area contributed by atoms with Crippen molar-refractivity contribution in [3.05, 3.63) is 34.9 Å². The van der Waals surface area contributed by atoms with Crippen LogP contribution in [0.2, 0.25) is 5.02 Å². The molecule has 0 aliphatic rings. The van der Waals surface area contributed by atoms with Gasteiger partial charge in [-0.1, -0.05) is 23.7 Å². The zero-order chi connectivity index (χ0) is 20.2. The van der Waals surface area contributed by atoms with Crippen LogP contribution in [0.1, 0.15) is 23.7 Å². The molecule has 0 saturated heterocycles. The second kappa shape index (κ2) is 12.2. The minimum atomic E-state index is -0.961. The largest absolute Gasteiger partial charge is 0.454 e. The Morgan fingerprint density at radius 1 is 1.19 bits per heavy atom. The molecule has 8 nitrogen and oxygen atoms in total. The van der Waals surface area contributed by atoms with Gasteiger partial charge in [0.1, 0.15) is 6.04 Å². The number of imide groups is 1. The second-order valence-corrected chi connectivity index (χ2v) is 6.56. The first kappa shape index (κ1) is 22.8. The van der Waals surface area contributed by atoms with E-state index in [1.165, 1.54) is 17.8 Å². The number of carbonyl (C=O) groups is 4. The standard InChI is InChI=1S/C17H21ClN2O6S/c1-3-25-17(24)20-14(21)10-26-16(23)13(8-9-27-2)19-15(22)11-6-4-5-7-12(11)18/h4-7,13H,3,8-10H2,1-2H3,(H,19,22)(H,20,21,24)/t13-/m1/s1. The summed E-state index contributed by atoms with van der Waals surface area (Å²) in [4.78, 5) is 47.3. The van der Waals surface area contributed by atoms with Gasteiger partial charge in [0, 0.05) is 0 Å². The van der Waals surface area contributed by atoms with Crippen LogP contribution in [0.5, 0.6) is 0 Å². The van der Waals surface area contributed by atoms with Crippen LogP contribution in [0.3, 0.4) is 0 Å². The van der Waals surface area contributed by atoms with E-state index < -0.39 is 36.5 Å². The molecule has 0 bridgehead atoms. The van der Waals surface area contributed by atoms with E-state index in [1.807, 2.05) is 11.6 Å². The Morgan fingerprint density at radius 2 is 1.89 bits per heavy atom. The number of hydrogen-bond acceptors (Lipinski definition) is 7. The molecule has 1 atom stereocenters. The van der Waals surface area contributed by atoms with Crippen LogP contribution in [-0.2, 0) is 19.1 Å². The molecular formula is C17H21ClN2O6S. The molecule has 0 saturated carbocycles. The normalized spacial score (nSPS) is 11.2. The molecular weight excluding hydrogens is 396 g/mol. The van der Waals surface area contributed by atoms with Crippen molar-refractivity contribution in [3.63, 3.8) is 0 Å². The number of esters is 1. The van der Waals surface area contributed by atoms with Crippen LogP contribution < -0.4 is 10.6 Å². The molecule has 148 valence electrons. The van der Waals surface area contributed by atoms with Crippen LogP contribution in [0.25, 0.3) is 0 Å². The zero-order valence-corrected chi connectivity index (χ0v) is 16.5. The molecule has 0 heterocycles. The quantitative estimate of drug-likeness (QED) is 0.592. The first-order chi connectivity index (χ1) is 12.9. The van der Waals surface area contributed by atoms with Gasteiger partial charge in [-0.05, 0) is 37.5 Å². The van der Waals surface area contributed by atoms with Crippen molar-refractivity contribution in [2.24, 2.45) is 0 Å².